The predicted molar refractivity (Wildman–Crippen MR) is 101 cm³/mol. The van der Waals surface area contributed by atoms with Crippen molar-refractivity contribution >= 4 is 27.6 Å². The van der Waals surface area contributed by atoms with E-state index < -0.39 is 28.5 Å². The number of anilines is 1. The van der Waals surface area contributed by atoms with E-state index in [0.717, 1.165) is 12.8 Å². The molecule has 2 aromatic carbocycles. The van der Waals surface area contributed by atoms with Crippen molar-refractivity contribution in [2.45, 2.75) is 17.7 Å². The van der Waals surface area contributed by atoms with E-state index in [2.05, 4.69) is 5.32 Å². The molecule has 1 aliphatic rings. The number of hydrogen-bond donors (Lipinski definition) is 2. The van der Waals surface area contributed by atoms with Crippen LogP contribution in [0.3, 0.4) is 0 Å². The quantitative estimate of drug-likeness (QED) is 0.712. The number of nitrogens with zero attached hydrogens (tertiary/aromatic N) is 1. The van der Waals surface area contributed by atoms with Crippen molar-refractivity contribution in [3.8, 4) is 5.75 Å². The standard InChI is InChI=1S/C19H20N2O6S/c22-17-6-2-1-5-16(17)19(24)27-13-18(23)20-14-7-9-15(10-8-14)28(25,26)21-11-3-4-12-21/h1-2,5-10,22H,3-4,11-13H2,(H,20,23). The summed E-state index contributed by atoms with van der Waals surface area (Å²) in [6, 6.07) is 11.7. The van der Waals surface area contributed by atoms with Crippen LogP contribution in [0.1, 0.15) is 23.2 Å². The molecule has 28 heavy (non-hydrogen) atoms. The van der Waals surface area contributed by atoms with E-state index in [1.165, 1.54) is 40.7 Å². The van der Waals surface area contributed by atoms with Gasteiger partial charge in [-0.3, -0.25) is 4.79 Å². The number of sulfonamides is 1. The second-order valence-corrected chi connectivity index (χ2v) is 8.21. The Labute approximate surface area is 162 Å². The molecule has 1 saturated heterocycles. The molecule has 0 aliphatic carbocycles. The molecule has 2 N–H and O–H groups in total. The maximum absolute atomic E-state index is 12.5. The number of nitrogens with one attached hydrogen (secondary N) is 1. The summed E-state index contributed by atoms with van der Waals surface area (Å²) in [7, 11) is -3.51. The Bertz CT molecular complexity index is 966. The number of benzene rings is 2. The molecular weight excluding hydrogens is 384 g/mol. The molecule has 0 saturated carbocycles. The monoisotopic (exact) mass is 404 g/mol. The van der Waals surface area contributed by atoms with Gasteiger partial charge in [0.2, 0.25) is 10.0 Å². The Balaban J connectivity index is 1.56. The Morgan fingerprint density at radius 2 is 1.68 bits per heavy atom. The van der Waals surface area contributed by atoms with Crippen molar-refractivity contribution < 1.29 is 27.9 Å². The van der Waals surface area contributed by atoms with E-state index in [4.69, 9.17) is 4.74 Å². The molecule has 9 heteroatoms. The summed E-state index contributed by atoms with van der Waals surface area (Å²) in [5.41, 5.74) is 0.343. The summed E-state index contributed by atoms with van der Waals surface area (Å²) >= 11 is 0. The summed E-state index contributed by atoms with van der Waals surface area (Å²) in [6.07, 6.45) is 1.71. The molecule has 2 aromatic rings. The van der Waals surface area contributed by atoms with Gasteiger partial charge in [0.25, 0.3) is 5.91 Å². The molecule has 0 bridgehead atoms. The lowest BCUT2D eigenvalue weighted by atomic mass is 10.2. The molecule has 148 valence electrons. The smallest absolute Gasteiger partial charge is 0.342 e. The fraction of sp³-hybridized carbons (Fsp3) is 0.263. The summed E-state index contributed by atoms with van der Waals surface area (Å²) in [5, 5.41) is 12.1. The Kier molecular flexibility index (Phi) is 5.96. The molecule has 3 rings (SSSR count). The number of hydrogen-bond acceptors (Lipinski definition) is 6. The Hall–Kier alpha value is -2.91. The fourth-order valence-electron chi connectivity index (χ4n) is 2.84. The van der Waals surface area contributed by atoms with E-state index in [1.807, 2.05) is 0 Å². The number of ether oxygens (including phenoxy) is 1. The lowest BCUT2D eigenvalue weighted by molar-refractivity contribution is -0.119. The van der Waals surface area contributed by atoms with Crippen LogP contribution in [0.15, 0.2) is 53.4 Å². The first-order chi connectivity index (χ1) is 13.4. The largest absolute Gasteiger partial charge is 0.507 e. The van der Waals surface area contributed by atoms with Crippen LogP contribution in [0.5, 0.6) is 5.75 Å². The fourth-order valence-corrected chi connectivity index (χ4v) is 4.36. The molecule has 0 aromatic heterocycles. The second-order valence-electron chi connectivity index (χ2n) is 6.28. The van der Waals surface area contributed by atoms with E-state index >= 15 is 0 Å². The number of esters is 1. The van der Waals surface area contributed by atoms with Gasteiger partial charge in [-0.05, 0) is 49.2 Å². The van der Waals surface area contributed by atoms with Crippen molar-refractivity contribution in [3.63, 3.8) is 0 Å². The van der Waals surface area contributed by atoms with Gasteiger partial charge >= 0.3 is 5.97 Å². The average molecular weight is 404 g/mol. The molecule has 0 atom stereocenters. The summed E-state index contributed by atoms with van der Waals surface area (Å²) in [4.78, 5) is 24.0. The van der Waals surface area contributed by atoms with Crippen molar-refractivity contribution in [1.29, 1.82) is 0 Å². The van der Waals surface area contributed by atoms with Crippen molar-refractivity contribution in [2.75, 3.05) is 25.0 Å². The number of aromatic hydroxyl groups is 1. The van der Waals surface area contributed by atoms with Crippen LogP contribution in [-0.4, -0.2) is 49.4 Å². The summed E-state index contributed by atoms with van der Waals surface area (Å²) < 4.78 is 31.3. The van der Waals surface area contributed by atoms with E-state index in [1.54, 1.807) is 12.1 Å². The maximum atomic E-state index is 12.5. The van der Waals surface area contributed by atoms with Crippen LogP contribution < -0.4 is 5.32 Å². The third-order valence-electron chi connectivity index (χ3n) is 4.30. The number of rotatable bonds is 6. The number of carbonyl (C=O) groups excluding carboxylic acids is 2. The molecule has 1 heterocycles. The molecule has 8 nitrogen and oxygen atoms in total. The zero-order valence-electron chi connectivity index (χ0n) is 15.0. The first kappa shape index (κ1) is 19.8. The topological polar surface area (TPSA) is 113 Å². The number of phenolic OH excluding ortho intramolecular Hbond substituents is 1. The third kappa shape index (κ3) is 4.49. The number of amides is 1. The van der Waals surface area contributed by atoms with Crippen LogP contribution >= 0.6 is 0 Å². The first-order valence-electron chi connectivity index (χ1n) is 8.73. The van der Waals surface area contributed by atoms with Gasteiger partial charge in [-0.1, -0.05) is 12.1 Å². The first-order valence-corrected chi connectivity index (χ1v) is 10.2. The van der Waals surface area contributed by atoms with Gasteiger partial charge in [0.1, 0.15) is 11.3 Å². The summed E-state index contributed by atoms with van der Waals surface area (Å²) in [5.74, 6) is -1.64. The van der Waals surface area contributed by atoms with Gasteiger partial charge in [0.05, 0.1) is 4.90 Å². The predicted octanol–water partition coefficient (Wildman–Crippen LogP) is 1.97. The van der Waals surface area contributed by atoms with E-state index in [-0.39, 0.29) is 16.2 Å². The summed E-state index contributed by atoms with van der Waals surface area (Å²) in [6.45, 7) is 0.493. The molecule has 1 fully saturated rings. The highest BCUT2D eigenvalue weighted by Gasteiger charge is 2.26. The van der Waals surface area contributed by atoms with E-state index in [9.17, 15) is 23.1 Å². The average Bonchev–Trinajstić information content (AvgIpc) is 3.23. The molecule has 0 unspecified atom stereocenters. The van der Waals surface area contributed by atoms with Gasteiger partial charge < -0.3 is 15.2 Å². The van der Waals surface area contributed by atoms with Gasteiger partial charge in [-0.15, -0.1) is 0 Å². The minimum Gasteiger partial charge on any atom is -0.507 e. The molecule has 0 spiro atoms. The van der Waals surface area contributed by atoms with Crippen LogP contribution in [-0.2, 0) is 19.6 Å². The van der Waals surface area contributed by atoms with E-state index in [0.29, 0.717) is 18.8 Å². The second kappa shape index (κ2) is 8.41. The molecule has 1 amide bonds. The zero-order chi connectivity index (χ0) is 20.1. The lowest BCUT2D eigenvalue weighted by Crippen LogP contribution is -2.27. The number of para-hydroxylation sites is 1. The van der Waals surface area contributed by atoms with Crippen LogP contribution in [0, 0.1) is 0 Å². The SMILES string of the molecule is O=C(COC(=O)c1ccccc1O)Nc1ccc(S(=O)(=O)N2CCCC2)cc1. The van der Waals surface area contributed by atoms with Crippen LogP contribution in [0.2, 0.25) is 0 Å². The molecular formula is C19H20N2O6S. The maximum Gasteiger partial charge on any atom is 0.342 e. The van der Waals surface area contributed by atoms with Crippen LogP contribution in [0.25, 0.3) is 0 Å². The highest BCUT2D eigenvalue weighted by molar-refractivity contribution is 7.89. The van der Waals surface area contributed by atoms with Crippen molar-refractivity contribution in [2.24, 2.45) is 0 Å². The van der Waals surface area contributed by atoms with Gasteiger partial charge in [-0.2, -0.15) is 4.31 Å². The van der Waals surface area contributed by atoms with Gasteiger partial charge in [0, 0.05) is 18.8 Å². The van der Waals surface area contributed by atoms with Gasteiger partial charge in [-0.25, -0.2) is 13.2 Å². The minimum atomic E-state index is -3.51. The minimum absolute atomic E-state index is 0.0354. The third-order valence-corrected chi connectivity index (χ3v) is 6.21. The Morgan fingerprint density at radius 3 is 2.32 bits per heavy atom. The zero-order valence-corrected chi connectivity index (χ0v) is 15.8. The normalized spacial score (nSPS) is 14.6. The van der Waals surface area contributed by atoms with Crippen molar-refractivity contribution in [1.82, 2.24) is 4.31 Å². The van der Waals surface area contributed by atoms with Crippen LogP contribution in [0.4, 0.5) is 5.69 Å². The lowest BCUT2D eigenvalue weighted by Gasteiger charge is -2.15. The van der Waals surface area contributed by atoms with Gasteiger partial charge in [0.15, 0.2) is 6.61 Å². The Morgan fingerprint density at radius 1 is 1.04 bits per heavy atom. The molecule has 1 aliphatic heterocycles. The highest BCUT2D eigenvalue weighted by atomic mass is 32.2. The highest BCUT2D eigenvalue weighted by Crippen LogP contribution is 2.22. The number of phenols is 1. The number of carbonyl (C=O) groups is 2. The van der Waals surface area contributed by atoms with Crippen molar-refractivity contribution in [3.05, 3.63) is 54.1 Å². The molecule has 0 radical (unpaired) electrons.